The maximum atomic E-state index is 14.6. The second-order valence-electron chi connectivity index (χ2n) is 6.51. The third-order valence-electron chi connectivity index (χ3n) is 4.10. The molecule has 2 aromatic carbocycles. The van der Waals surface area contributed by atoms with Crippen molar-refractivity contribution >= 4 is 31.8 Å². The summed E-state index contributed by atoms with van der Waals surface area (Å²) in [6.45, 7) is 1.56. The summed E-state index contributed by atoms with van der Waals surface area (Å²) in [4.78, 5) is -0.678. The van der Waals surface area contributed by atoms with Gasteiger partial charge in [-0.2, -0.15) is 47.9 Å². The first kappa shape index (κ1) is 27.0. The van der Waals surface area contributed by atoms with Gasteiger partial charge in [-0.05, 0) is 31.2 Å². The molecule has 182 valence electrons. The standard InChI is InChI=1S/C18H11BrF9NO3S/c1-10-2-8-13(9-3-10)33(30,31)32-29-14(11-4-6-12(19)7-5-11)15(20,21)16(22,23)17(24,25)18(26,27)28/h2-9H,1H3/b29-14+. The first-order valence-electron chi connectivity index (χ1n) is 8.39. The van der Waals surface area contributed by atoms with E-state index in [1.807, 2.05) is 0 Å². The number of alkyl halides is 9. The highest BCUT2D eigenvalue weighted by atomic mass is 79.9. The van der Waals surface area contributed by atoms with E-state index < -0.39 is 50.2 Å². The van der Waals surface area contributed by atoms with E-state index in [2.05, 4.69) is 25.4 Å². The summed E-state index contributed by atoms with van der Waals surface area (Å²) in [6, 6.07) is 7.45. The van der Waals surface area contributed by atoms with Crippen LogP contribution >= 0.6 is 15.9 Å². The zero-order chi connectivity index (χ0) is 25.5. The van der Waals surface area contributed by atoms with Crippen LogP contribution < -0.4 is 0 Å². The molecule has 0 N–H and O–H groups in total. The van der Waals surface area contributed by atoms with Gasteiger partial charge in [0.2, 0.25) is 0 Å². The molecule has 0 saturated heterocycles. The molecule has 0 bridgehead atoms. The molecule has 0 heterocycles. The number of benzene rings is 2. The summed E-state index contributed by atoms with van der Waals surface area (Å²) in [5.41, 5.74) is -3.02. The topological polar surface area (TPSA) is 55.7 Å². The Balaban J connectivity index is 2.66. The lowest BCUT2D eigenvalue weighted by Gasteiger charge is -2.33. The van der Waals surface area contributed by atoms with Gasteiger partial charge in [-0.25, -0.2) is 0 Å². The smallest absolute Gasteiger partial charge is 0.264 e. The Morgan fingerprint density at radius 3 is 1.76 bits per heavy atom. The highest BCUT2D eigenvalue weighted by Gasteiger charge is 2.83. The van der Waals surface area contributed by atoms with Crippen LogP contribution in [-0.4, -0.2) is 38.1 Å². The lowest BCUT2D eigenvalue weighted by Crippen LogP contribution is -2.63. The summed E-state index contributed by atoms with van der Waals surface area (Å²) in [5, 5.41) is 2.41. The zero-order valence-corrected chi connectivity index (χ0v) is 18.4. The molecular weight excluding hydrogens is 561 g/mol. The summed E-state index contributed by atoms with van der Waals surface area (Å²) >= 11 is 2.88. The molecule has 0 radical (unpaired) electrons. The van der Waals surface area contributed by atoms with Crippen molar-refractivity contribution in [2.24, 2.45) is 5.16 Å². The third-order valence-corrected chi connectivity index (χ3v) is 5.75. The average Bonchev–Trinajstić information content (AvgIpc) is 2.68. The van der Waals surface area contributed by atoms with Gasteiger partial charge in [0, 0.05) is 10.0 Å². The number of hydrogen-bond acceptors (Lipinski definition) is 4. The molecule has 0 aliphatic heterocycles. The van der Waals surface area contributed by atoms with Gasteiger partial charge in [0.05, 0.1) is 0 Å². The minimum Gasteiger partial charge on any atom is -0.264 e. The number of nitrogens with zero attached hydrogens (tertiary/aromatic N) is 1. The molecule has 0 saturated carbocycles. The molecule has 0 amide bonds. The van der Waals surface area contributed by atoms with E-state index in [4.69, 9.17) is 0 Å². The van der Waals surface area contributed by atoms with Gasteiger partial charge in [-0.3, -0.25) is 4.28 Å². The van der Waals surface area contributed by atoms with Gasteiger partial charge >= 0.3 is 34.1 Å². The maximum Gasteiger partial charge on any atom is 0.460 e. The van der Waals surface area contributed by atoms with Gasteiger partial charge < -0.3 is 0 Å². The van der Waals surface area contributed by atoms with Crippen LogP contribution in [-0.2, 0) is 14.4 Å². The Bertz CT molecular complexity index is 1130. The Morgan fingerprint density at radius 1 is 0.818 bits per heavy atom. The zero-order valence-electron chi connectivity index (χ0n) is 16.0. The second-order valence-corrected chi connectivity index (χ2v) is 8.95. The van der Waals surface area contributed by atoms with Crippen molar-refractivity contribution < 1.29 is 52.2 Å². The number of aryl methyl sites for hydroxylation is 1. The molecule has 0 aliphatic rings. The van der Waals surface area contributed by atoms with Crippen molar-refractivity contribution in [1.82, 2.24) is 0 Å². The largest absolute Gasteiger partial charge is 0.460 e. The summed E-state index contributed by atoms with van der Waals surface area (Å²) in [5.74, 6) is -20.6. The van der Waals surface area contributed by atoms with Crippen LogP contribution in [0.4, 0.5) is 39.5 Å². The summed E-state index contributed by atoms with van der Waals surface area (Å²) < 4.78 is 150. The normalized spacial score (nSPS) is 14.3. The quantitative estimate of drug-likeness (QED) is 0.221. The molecule has 15 heteroatoms. The van der Waals surface area contributed by atoms with Crippen molar-refractivity contribution in [2.75, 3.05) is 0 Å². The SMILES string of the molecule is Cc1ccc(S(=O)(=O)O/N=C(\c2ccc(Br)cc2)C(F)(F)C(F)(F)C(F)(F)C(F)(F)F)cc1. The van der Waals surface area contributed by atoms with E-state index in [1.165, 1.54) is 12.1 Å². The van der Waals surface area contributed by atoms with Gasteiger partial charge in [-0.15, -0.1) is 0 Å². The van der Waals surface area contributed by atoms with Crippen LogP contribution in [0.3, 0.4) is 0 Å². The molecule has 2 aromatic rings. The molecule has 4 nitrogen and oxygen atoms in total. The van der Waals surface area contributed by atoms with E-state index in [-0.39, 0.29) is 4.47 Å². The molecule has 0 spiro atoms. The van der Waals surface area contributed by atoms with Crippen LogP contribution in [0.1, 0.15) is 11.1 Å². The molecule has 0 unspecified atom stereocenters. The van der Waals surface area contributed by atoms with Crippen molar-refractivity contribution in [3.05, 3.63) is 64.1 Å². The first-order chi connectivity index (χ1) is 14.8. The van der Waals surface area contributed by atoms with Crippen LogP contribution in [0.2, 0.25) is 0 Å². The summed E-state index contributed by atoms with van der Waals surface area (Å²) in [7, 11) is -5.04. The van der Waals surface area contributed by atoms with E-state index in [9.17, 15) is 47.9 Å². The van der Waals surface area contributed by atoms with Gasteiger partial charge in [-0.1, -0.05) is 50.9 Å². The fourth-order valence-electron chi connectivity index (χ4n) is 2.26. The molecule has 0 aromatic heterocycles. The van der Waals surface area contributed by atoms with Crippen molar-refractivity contribution in [3.8, 4) is 0 Å². The minimum absolute atomic E-state index is 0.175. The van der Waals surface area contributed by atoms with E-state index >= 15 is 0 Å². The lowest BCUT2D eigenvalue weighted by atomic mass is 9.95. The van der Waals surface area contributed by atoms with Crippen LogP contribution in [0.25, 0.3) is 0 Å². The molecule has 2 rings (SSSR count). The number of rotatable bonds is 7. The first-order valence-corrected chi connectivity index (χ1v) is 10.6. The number of hydrogen-bond donors (Lipinski definition) is 0. The van der Waals surface area contributed by atoms with Gasteiger partial charge in [0.1, 0.15) is 4.90 Å². The van der Waals surface area contributed by atoms with Crippen molar-refractivity contribution in [1.29, 1.82) is 0 Å². The van der Waals surface area contributed by atoms with E-state index in [0.717, 1.165) is 24.3 Å². The highest BCUT2D eigenvalue weighted by molar-refractivity contribution is 9.10. The second kappa shape index (κ2) is 8.81. The van der Waals surface area contributed by atoms with Crippen LogP contribution in [0.5, 0.6) is 0 Å². The molecule has 0 fully saturated rings. The Labute approximate surface area is 189 Å². The molecular formula is C18H11BrF9NO3S. The molecule has 0 atom stereocenters. The maximum absolute atomic E-state index is 14.6. The van der Waals surface area contributed by atoms with Gasteiger partial charge in [0.25, 0.3) is 0 Å². The summed E-state index contributed by atoms with van der Waals surface area (Å²) in [6.07, 6.45) is -7.07. The number of oxime groups is 1. The average molecular weight is 572 g/mol. The fourth-order valence-corrected chi connectivity index (χ4v) is 3.25. The number of halogens is 10. The third kappa shape index (κ3) is 5.13. The molecule has 0 aliphatic carbocycles. The van der Waals surface area contributed by atoms with Crippen molar-refractivity contribution in [3.63, 3.8) is 0 Å². The predicted octanol–water partition coefficient (Wildman–Crippen LogP) is 6.34. The van der Waals surface area contributed by atoms with E-state index in [1.54, 1.807) is 6.92 Å². The molecule has 33 heavy (non-hydrogen) atoms. The Hall–Kier alpha value is -2.29. The predicted molar refractivity (Wildman–Crippen MR) is 101 cm³/mol. The van der Waals surface area contributed by atoms with Crippen LogP contribution in [0, 0.1) is 6.92 Å². The monoisotopic (exact) mass is 571 g/mol. The van der Waals surface area contributed by atoms with E-state index in [0.29, 0.717) is 17.7 Å². The highest BCUT2D eigenvalue weighted by Crippen LogP contribution is 2.54. The van der Waals surface area contributed by atoms with Gasteiger partial charge in [0.15, 0.2) is 5.71 Å². The fraction of sp³-hybridized carbons (Fsp3) is 0.278. The Morgan fingerprint density at radius 2 is 1.30 bits per heavy atom. The Kier molecular flexibility index (Phi) is 7.20. The lowest BCUT2D eigenvalue weighted by molar-refractivity contribution is -0.384. The minimum atomic E-state index is -7.21. The van der Waals surface area contributed by atoms with Crippen molar-refractivity contribution in [2.45, 2.75) is 35.8 Å². The van der Waals surface area contributed by atoms with Crippen LogP contribution in [0.15, 0.2) is 63.1 Å².